The summed E-state index contributed by atoms with van der Waals surface area (Å²) in [7, 11) is 0. The molecule has 0 N–H and O–H groups in total. The number of nitrogens with zero attached hydrogens (tertiary/aromatic N) is 4. The van der Waals surface area contributed by atoms with E-state index in [4.69, 9.17) is 21.3 Å². The van der Waals surface area contributed by atoms with Crippen LogP contribution in [0.3, 0.4) is 0 Å². The Morgan fingerprint density at radius 2 is 0.680 bits per heavy atom. The minimum atomic E-state index is 0. The third-order valence-corrected chi connectivity index (χ3v) is 5.82. The van der Waals surface area contributed by atoms with E-state index in [0.29, 0.717) is 12.3 Å². The van der Waals surface area contributed by atoms with Gasteiger partial charge >= 0.3 is 0 Å². The molecule has 0 unspecified atom stereocenters. The predicted molar refractivity (Wildman–Crippen MR) is 103 cm³/mol. The molecule has 0 saturated carbocycles. The van der Waals surface area contributed by atoms with Gasteiger partial charge in [-0.15, -0.1) is 22.2 Å². The van der Waals surface area contributed by atoms with Gasteiger partial charge in [-0.05, 0) is 0 Å². The zero-order valence-electron chi connectivity index (χ0n) is 17.6. The van der Waals surface area contributed by atoms with E-state index in [2.05, 4.69) is 55.4 Å². The van der Waals surface area contributed by atoms with Crippen LogP contribution in [-0.2, 0) is 19.5 Å². The van der Waals surface area contributed by atoms with Gasteiger partial charge in [-0.2, -0.15) is 0 Å². The van der Waals surface area contributed by atoms with Gasteiger partial charge in [0.25, 0.3) is 0 Å². The van der Waals surface area contributed by atoms with Gasteiger partial charge in [0.1, 0.15) is 0 Å². The van der Waals surface area contributed by atoms with Crippen molar-refractivity contribution in [3.63, 3.8) is 0 Å². The molecule has 0 aliphatic carbocycles. The van der Waals surface area contributed by atoms with Crippen molar-refractivity contribution in [1.82, 2.24) is 0 Å². The molecule has 4 nitrogen and oxygen atoms in total. The summed E-state index contributed by atoms with van der Waals surface area (Å²) in [5.74, 6) is 1.46. The molecular formula is C20H36N4Zn-4. The van der Waals surface area contributed by atoms with E-state index < -0.39 is 0 Å². The van der Waals surface area contributed by atoms with Crippen LogP contribution in [0.2, 0.25) is 0 Å². The minimum absolute atomic E-state index is 0. The van der Waals surface area contributed by atoms with E-state index in [0.717, 1.165) is 11.8 Å². The fourth-order valence-corrected chi connectivity index (χ4v) is 5.25. The summed E-state index contributed by atoms with van der Waals surface area (Å²) in [6, 6.07) is 0. The van der Waals surface area contributed by atoms with E-state index in [-0.39, 0.29) is 41.6 Å². The van der Waals surface area contributed by atoms with Crippen molar-refractivity contribution in [3.05, 3.63) is 21.3 Å². The molecule has 4 rings (SSSR count). The first-order valence-corrected chi connectivity index (χ1v) is 9.64. The van der Waals surface area contributed by atoms with Gasteiger partial charge in [0.05, 0.1) is 0 Å². The Hall–Kier alpha value is 0.463. The molecule has 25 heavy (non-hydrogen) atoms. The Balaban J connectivity index is 0.000000173. The van der Waals surface area contributed by atoms with Crippen LogP contribution in [0.5, 0.6) is 0 Å². The van der Waals surface area contributed by atoms with Crippen LogP contribution in [0.25, 0.3) is 21.3 Å². The third kappa shape index (κ3) is 5.26. The zero-order chi connectivity index (χ0) is 18.0. The Labute approximate surface area is 168 Å². The maximum atomic E-state index is 4.71. The van der Waals surface area contributed by atoms with Gasteiger partial charge in [0, 0.05) is 19.5 Å². The summed E-state index contributed by atoms with van der Waals surface area (Å²) in [5, 5.41) is 18.8. The number of hydrogen-bond acceptors (Lipinski definition) is 0. The normalized spacial score (nSPS) is 41.3. The average Bonchev–Trinajstić information content (AvgIpc) is 2.89. The molecule has 0 aromatic carbocycles. The summed E-state index contributed by atoms with van der Waals surface area (Å²) >= 11 is 0. The summed E-state index contributed by atoms with van der Waals surface area (Å²) in [5.41, 5.74) is 0.759. The summed E-state index contributed by atoms with van der Waals surface area (Å²) in [6.07, 6.45) is 5.54. The molecule has 4 heterocycles. The number of hydrogen-bond donors (Lipinski definition) is 0. The van der Waals surface area contributed by atoms with Gasteiger partial charge in [-0.1, -0.05) is 92.9 Å². The standard InChI is InChI=1S/2C10H18N2.Zn/c2*1-9(2)5-7-6-10(3,4)12-8(7)11-9;/h2*7-8H,5-6H2,1-4H3;/q2*-2;. The summed E-state index contributed by atoms with van der Waals surface area (Å²) in [4.78, 5) is 0. The molecular weight excluding hydrogens is 362 g/mol. The van der Waals surface area contributed by atoms with E-state index in [1.807, 2.05) is 0 Å². The van der Waals surface area contributed by atoms with E-state index >= 15 is 0 Å². The predicted octanol–water partition coefficient (Wildman–Crippen LogP) is 6.08. The zero-order valence-corrected chi connectivity index (χ0v) is 20.6. The molecule has 142 valence electrons. The molecule has 0 bridgehead atoms. The SMILES string of the molecule is CC1(C)CC2CC(C)(C)[N-]C2[N-]1.CC1(C)CC2CC(C)(C)[N-]C2[N-]1.[Zn]. The van der Waals surface area contributed by atoms with Gasteiger partial charge in [-0.25, -0.2) is 12.3 Å². The Morgan fingerprint density at radius 3 is 0.840 bits per heavy atom. The van der Waals surface area contributed by atoms with Crippen LogP contribution in [0.4, 0.5) is 0 Å². The molecule has 0 radical (unpaired) electrons. The second-order valence-electron chi connectivity index (χ2n) is 10.9. The molecule has 5 heteroatoms. The molecule has 4 aliphatic rings. The van der Waals surface area contributed by atoms with E-state index in [1.165, 1.54) is 25.7 Å². The van der Waals surface area contributed by atoms with Crippen LogP contribution in [0.1, 0.15) is 81.1 Å². The topological polar surface area (TPSA) is 56.4 Å². The fraction of sp³-hybridized carbons (Fsp3) is 1.00. The Bertz CT molecular complexity index is 366. The molecule has 0 atom stereocenters. The first kappa shape index (κ1) is 21.8. The van der Waals surface area contributed by atoms with Crippen molar-refractivity contribution >= 4 is 0 Å². The van der Waals surface area contributed by atoms with Gasteiger partial charge in [0.2, 0.25) is 0 Å². The minimum Gasteiger partial charge on any atom is -0.673 e. The average molecular weight is 398 g/mol. The van der Waals surface area contributed by atoms with Crippen molar-refractivity contribution < 1.29 is 19.5 Å². The van der Waals surface area contributed by atoms with Crippen molar-refractivity contribution in [2.75, 3.05) is 0 Å². The monoisotopic (exact) mass is 396 g/mol. The number of rotatable bonds is 0. The van der Waals surface area contributed by atoms with E-state index in [1.54, 1.807) is 0 Å². The molecule has 0 aromatic heterocycles. The van der Waals surface area contributed by atoms with Gasteiger partial charge in [-0.3, -0.25) is 0 Å². The van der Waals surface area contributed by atoms with Crippen LogP contribution >= 0.6 is 0 Å². The Kier molecular flexibility index (Phi) is 5.93. The molecule has 0 aromatic rings. The second-order valence-corrected chi connectivity index (χ2v) is 10.9. The van der Waals surface area contributed by atoms with Crippen molar-refractivity contribution in [2.45, 2.75) is 116 Å². The molecule has 4 aliphatic heterocycles. The smallest absolute Gasteiger partial charge is 0 e. The largest absolute Gasteiger partial charge is 0.673 e. The first-order chi connectivity index (χ1) is 10.8. The van der Waals surface area contributed by atoms with Gasteiger partial charge in [0.15, 0.2) is 0 Å². The molecule has 4 fully saturated rings. The van der Waals surface area contributed by atoms with Crippen LogP contribution < -0.4 is 0 Å². The van der Waals surface area contributed by atoms with Crippen molar-refractivity contribution in [1.29, 1.82) is 0 Å². The van der Waals surface area contributed by atoms with E-state index in [9.17, 15) is 0 Å². The third-order valence-electron chi connectivity index (χ3n) is 5.82. The van der Waals surface area contributed by atoms with Crippen molar-refractivity contribution in [3.8, 4) is 0 Å². The maximum Gasteiger partial charge on any atom is 0 e. The molecule has 4 saturated heterocycles. The van der Waals surface area contributed by atoms with Crippen LogP contribution in [0, 0.1) is 11.8 Å². The maximum absolute atomic E-state index is 4.71. The van der Waals surface area contributed by atoms with Crippen LogP contribution in [-0.4, -0.2) is 34.5 Å². The van der Waals surface area contributed by atoms with Crippen molar-refractivity contribution in [2.24, 2.45) is 11.8 Å². The fourth-order valence-electron chi connectivity index (χ4n) is 5.25. The quantitative estimate of drug-likeness (QED) is 0.445. The summed E-state index contributed by atoms with van der Waals surface area (Å²) < 4.78 is 0. The first-order valence-electron chi connectivity index (χ1n) is 9.64. The second kappa shape index (κ2) is 6.81. The van der Waals surface area contributed by atoms with Gasteiger partial charge < -0.3 is 21.3 Å². The van der Waals surface area contributed by atoms with Crippen LogP contribution in [0.15, 0.2) is 0 Å². The molecule has 0 amide bonds. The summed E-state index contributed by atoms with van der Waals surface area (Å²) in [6.45, 7) is 17.7. The Morgan fingerprint density at radius 1 is 0.480 bits per heavy atom. The molecule has 0 spiro atoms. The number of fused-ring (bicyclic) bond motifs is 2.